The summed E-state index contributed by atoms with van der Waals surface area (Å²) >= 11 is 0.0575. The first-order valence-corrected chi connectivity index (χ1v) is 7.08. The van der Waals surface area contributed by atoms with Crippen LogP contribution in [-0.2, 0) is 0 Å². The molecule has 0 saturated heterocycles. The van der Waals surface area contributed by atoms with Gasteiger partial charge in [0.25, 0.3) is 0 Å². The van der Waals surface area contributed by atoms with E-state index in [9.17, 15) is 4.79 Å². The number of halogens is 1. The molecule has 0 bridgehead atoms. The van der Waals surface area contributed by atoms with Crippen molar-refractivity contribution in [1.82, 2.24) is 0 Å². The Morgan fingerprint density at radius 2 is 2.00 bits per heavy atom. The summed E-state index contributed by atoms with van der Waals surface area (Å²) in [5, 5.41) is 8.73. The fraction of sp³-hybridized carbons (Fsp3) is 0. The Morgan fingerprint density at radius 1 is 1.25 bits per heavy atom. The summed E-state index contributed by atoms with van der Waals surface area (Å²) in [5.74, 6) is 0.504. The van der Waals surface area contributed by atoms with E-state index in [2.05, 4.69) is 8.09 Å². The van der Waals surface area contributed by atoms with Crippen molar-refractivity contribution in [3.8, 4) is 5.75 Å². The lowest BCUT2D eigenvalue weighted by atomic mass is 10.2. The molecule has 0 aliphatic carbocycles. The standard InChI is InChI=1S/C12H9IO3/c14-12(15)9-1-3-10(4-2-9)16-11-5-7-13-8-6-11/h1-8H,(H,14,15). The number of aromatic carboxylic acids is 1. The molecule has 0 radical (unpaired) electrons. The van der Waals surface area contributed by atoms with E-state index in [0.29, 0.717) is 5.75 Å². The normalized spacial score (nSPS) is 13.9. The number of carboxylic acid groups (broad SMARTS) is 1. The number of carboxylic acids is 1. The zero-order chi connectivity index (χ0) is 11.4. The van der Waals surface area contributed by atoms with Gasteiger partial charge in [-0.3, -0.25) is 0 Å². The average Bonchev–Trinajstić information content (AvgIpc) is 2.31. The van der Waals surface area contributed by atoms with Gasteiger partial charge in [0.15, 0.2) is 0 Å². The van der Waals surface area contributed by atoms with Crippen molar-refractivity contribution in [2.24, 2.45) is 0 Å². The van der Waals surface area contributed by atoms with Gasteiger partial charge in [-0.05, 0) is 44.5 Å². The molecule has 3 nitrogen and oxygen atoms in total. The Bertz CT molecular complexity index is 483. The minimum Gasteiger partial charge on any atom is -0.478 e. The van der Waals surface area contributed by atoms with Gasteiger partial charge in [-0.15, -0.1) is 0 Å². The van der Waals surface area contributed by atoms with E-state index in [4.69, 9.17) is 9.84 Å². The fourth-order valence-corrected chi connectivity index (χ4v) is 2.53. The molecule has 1 aromatic carbocycles. The number of ether oxygens (including phenoxy) is 1. The Balaban J connectivity index is 2.11. The number of rotatable bonds is 3. The molecule has 0 atom stereocenters. The fourth-order valence-electron chi connectivity index (χ4n) is 1.16. The third-order valence-corrected chi connectivity index (χ3v) is 3.49. The molecule has 1 aromatic rings. The summed E-state index contributed by atoms with van der Waals surface area (Å²) in [6, 6.07) is 6.37. The molecule has 0 amide bonds. The van der Waals surface area contributed by atoms with Gasteiger partial charge in [-0.2, -0.15) is 0 Å². The topological polar surface area (TPSA) is 46.5 Å². The molecule has 1 aliphatic heterocycles. The number of hydrogen-bond acceptors (Lipinski definition) is 2. The maximum Gasteiger partial charge on any atom is 0.335 e. The number of benzene rings is 1. The van der Waals surface area contributed by atoms with E-state index in [1.54, 1.807) is 12.1 Å². The quantitative estimate of drug-likeness (QED) is 0.868. The van der Waals surface area contributed by atoms with Crippen LogP contribution in [0.15, 0.2) is 46.3 Å². The highest BCUT2D eigenvalue weighted by Crippen LogP contribution is 2.18. The molecule has 0 aromatic heterocycles. The highest BCUT2D eigenvalue weighted by molar-refractivity contribution is 14.2. The van der Waals surface area contributed by atoms with Gasteiger partial charge in [-0.25, -0.2) is 4.79 Å². The molecule has 1 N–H and O–H groups in total. The molecule has 2 rings (SSSR count). The summed E-state index contributed by atoms with van der Waals surface area (Å²) < 4.78 is 9.78. The molecular weight excluding hydrogens is 319 g/mol. The SMILES string of the molecule is O=C(O)c1ccc(OC2=CC=IC=C2)cc1. The minimum absolute atomic E-state index is 0.0575. The Kier molecular flexibility index (Phi) is 3.51. The maximum atomic E-state index is 10.6. The van der Waals surface area contributed by atoms with Crippen molar-refractivity contribution in [3.63, 3.8) is 0 Å². The molecule has 4 heteroatoms. The van der Waals surface area contributed by atoms with Crippen LogP contribution >= 0.6 is 20.7 Å². The highest BCUT2D eigenvalue weighted by atomic mass is 127. The molecule has 0 unspecified atom stereocenters. The van der Waals surface area contributed by atoms with E-state index < -0.39 is 5.97 Å². The Hall–Kier alpha value is -1.43. The van der Waals surface area contributed by atoms with Crippen molar-refractivity contribution in [3.05, 3.63) is 51.8 Å². The first kappa shape index (κ1) is 11.1. The molecule has 1 aliphatic rings. The van der Waals surface area contributed by atoms with Gasteiger partial charge in [-0.1, -0.05) is 20.7 Å². The number of allylic oxidation sites excluding steroid dienone is 2. The van der Waals surface area contributed by atoms with E-state index in [0.717, 1.165) is 5.76 Å². The second kappa shape index (κ2) is 5.07. The molecule has 82 valence electrons. The second-order valence-electron chi connectivity index (χ2n) is 3.05. The predicted octanol–water partition coefficient (Wildman–Crippen LogP) is 2.95. The van der Waals surface area contributed by atoms with E-state index >= 15 is 0 Å². The summed E-state index contributed by atoms with van der Waals surface area (Å²) in [4.78, 5) is 10.6. The smallest absolute Gasteiger partial charge is 0.335 e. The molecular formula is C12H9IO3. The van der Waals surface area contributed by atoms with Gasteiger partial charge in [0, 0.05) is 0 Å². The van der Waals surface area contributed by atoms with Crippen LogP contribution in [0.25, 0.3) is 0 Å². The van der Waals surface area contributed by atoms with Crippen molar-refractivity contribution < 1.29 is 14.6 Å². The minimum atomic E-state index is -0.929. The van der Waals surface area contributed by atoms with Crippen LogP contribution in [0.1, 0.15) is 10.4 Å². The van der Waals surface area contributed by atoms with Crippen molar-refractivity contribution in [1.29, 1.82) is 0 Å². The predicted molar refractivity (Wildman–Crippen MR) is 71.3 cm³/mol. The Morgan fingerprint density at radius 3 is 2.56 bits per heavy atom. The zero-order valence-corrected chi connectivity index (χ0v) is 10.4. The lowest BCUT2D eigenvalue weighted by molar-refractivity contribution is 0.0697. The number of hydrogen-bond donors (Lipinski definition) is 1. The highest BCUT2D eigenvalue weighted by Gasteiger charge is 2.03. The molecule has 0 fully saturated rings. The molecule has 1 heterocycles. The van der Waals surface area contributed by atoms with Crippen LogP contribution in [0.4, 0.5) is 0 Å². The zero-order valence-electron chi connectivity index (χ0n) is 8.26. The van der Waals surface area contributed by atoms with Crippen LogP contribution in [0.3, 0.4) is 0 Å². The maximum absolute atomic E-state index is 10.6. The van der Waals surface area contributed by atoms with Crippen molar-refractivity contribution in [2.45, 2.75) is 0 Å². The van der Waals surface area contributed by atoms with Crippen LogP contribution in [0, 0.1) is 0 Å². The largest absolute Gasteiger partial charge is 0.478 e. The monoisotopic (exact) mass is 328 g/mol. The van der Waals surface area contributed by atoms with Crippen LogP contribution < -0.4 is 4.74 Å². The lowest BCUT2D eigenvalue weighted by Crippen LogP contribution is -1.97. The van der Waals surface area contributed by atoms with Gasteiger partial charge in [0.05, 0.1) is 5.56 Å². The number of carbonyl (C=O) groups is 1. The summed E-state index contributed by atoms with van der Waals surface area (Å²) in [7, 11) is 0. The Labute approximate surface area is 103 Å². The van der Waals surface area contributed by atoms with Crippen LogP contribution in [0.5, 0.6) is 5.75 Å². The molecule has 16 heavy (non-hydrogen) atoms. The third-order valence-electron chi connectivity index (χ3n) is 1.94. The summed E-state index contributed by atoms with van der Waals surface area (Å²) in [6.07, 6.45) is 3.89. The van der Waals surface area contributed by atoms with Gasteiger partial charge in [0.2, 0.25) is 0 Å². The summed E-state index contributed by atoms with van der Waals surface area (Å²) in [5.41, 5.74) is 0.262. The van der Waals surface area contributed by atoms with Crippen LogP contribution in [-0.4, -0.2) is 15.1 Å². The lowest BCUT2D eigenvalue weighted by Gasteiger charge is -2.07. The van der Waals surface area contributed by atoms with E-state index in [1.165, 1.54) is 12.1 Å². The summed E-state index contributed by atoms with van der Waals surface area (Å²) in [6.45, 7) is 0. The van der Waals surface area contributed by atoms with Crippen LogP contribution in [0.2, 0.25) is 0 Å². The third kappa shape index (κ3) is 2.79. The van der Waals surface area contributed by atoms with Gasteiger partial charge in [0.1, 0.15) is 11.5 Å². The van der Waals surface area contributed by atoms with Crippen molar-refractivity contribution in [2.75, 3.05) is 0 Å². The van der Waals surface area contributed by atoms with Crippen molar-refractivity contribution >= 4 is 30.7 Å². The average molecular weight is 328 g/mol. The van der Waals surface area contributed by atoms with E-state index in [1.807, 2.05) is 12.2 Å². The molecule has 0 saturated carbocycles. The first-order chi connectivity index (χ1) is 7.75. The van der Waals surface area contributed by atoms with Gasteiger partial charge >= 0.3 is 5.97 Å². The van der Waals surface area contributed by atoms with E-state index in [-0.39, 0.29) is 26.3 Å². The first-order valence-electron chi connectivity index (χ1n) is 4.59. The molecule has 0 spiro atoms. The second-order valence-corrected chi connectivity index (χ2v) is 5.20. The van der Waals surface area contributed by atoms with Gasteiger partial charge < -0.3 is 9.84 Å².